The number of amides is 1. The minimum Gasteiger partial charge on any atom is -0.497 e. The Hall–Kier alpha value is -2.95. The van der Waals surface area contributed by atoms with E-state index in [1.54, 1.807) is 54.2 Å². The lowest BCUT2D eigenvalue weighted by Gasteiger charge is -2.17. The summed E-state index contributed by atoms with van der Waals surface area (Å²) < 4.78 is 7.73. The highest BCUT2D eigenvalue weighted by Gasteiger charge is 2.23. The van der Waals surface area contributed by atoms with Crippen molar-refractivity contribution in [1.29, 1.82) is 0 Å². The zero-order valence-corrected chi connectivity index (χ0v) is 20.3. The second-order valence-corrected chi connectivity index (χ2v) is 8.75. The van der Waals surface area contributed by atoms with E-state index in [1.807, 2.05) is 12.1 Å². The molecule has 0 aliphatic heterocycles. The molecule has 1 amide bonds. The van der Waals surface area contributed by atoms with E-state index in [2.05, 4.69) is 38.0 Å². The zero-order chi connectivity index (χ0) is 23.8. The number of nitrogens with one attached hydrogen (secondary N) is 1. The van der Waals surface area contributed by atoms with Crippen molar-refractivity contribution in [2.45, 2.75) is 17.7 Å². The number of carbonyl (C=O) groups excluding carboxylic acids is 2. The SMILES string of the molecule is C=CCn1c(SCC(=O)c2ccc(Br)cc2)nnc1[C@@H](CO)NC(=O)c1ccc(OC)cc1. The number of rotatable bonds is 11. The number of benzene rings is 2. The summed E-state index contributed by atoms with van der Waals surface area (Å²) in [5, 5.41) is 21.6. The number of halogens is 1. The van der Waals surface area contributed by atoms with Gasteiger partial charge in [-0.1, -0.05) is 45.9 Å². The van der Waals surface area contributed by atoms with Crippen LogP contribution < -0.4 is 10.1 Å². The highest BCUT2D eigenvalue weighted by atomic mass is 79.9. The highest BCUT2D eigenvalue weighted by Crippen LogP contribution is 2.23. The van der Waals surface area contributed by atoms with Gasteiger partial charge in [-0.3, -0.25) is 9.59 Å². The maximum Gasteiger partial charge on any atom is 0.251 e. The lowest BCUT2D eigenvalue weighted by atomic mass is 10.2. The van der Waals surface area contributed by atoms with Crippen molar-refractivity contribution in [1.82, 2.24) is 20.1 Å². The lowest BCUT2D eigenvalue weighted by Crippen LogP contribution is -2.33. The van der Waals surface area contributed by atoms with Gasteiger partial charge in [0.15, 0.2) is 16.8 Å². The molecule has 0 fully saturated rings. The number of aliphatic hydroxyl groups is 1. The van der Waals surface area contributed by atoms with E-state index < -0.39 is 6.04 Å². The molecule has 8 nitrogen and oxygen atoms in total. The minimum absolute atomic E-state index is 0.0475. The molecule has 0 bridgehead atoms. The first-order valence-corrected chi connectivity index (χ1v) is 11.8. The molecule has 3 aromatic rings. The number of aliphatic hydroxyl groups excluding tert-OH is 1. The first-order valence-electron chi connectivity index (χ1n) is 9.98. The Morgan fingerprint density at radius 1 is 1.18 bits per heavy atom. The van der Waals surface area contributed by atoms with Crippen LogP contribution in [0.2, 0.25) is 0 Å². The van der Waals surface area contributed by atoms with Crippen LogP contribution in [0.5, 0.6) is 5.75 Å². The molecule has 0 saturated carbocycles. The minimum atomic E-state index is -0.788. The molecule has 1 atom stereocenters. The van der Waals surface area contributed by atoms with E-state index in [4.69, 9.17) is 4.74 Å². The molecule has 0 radical (unpaired) electrons. The molecule has 1 aromatic heterocycles. The van der Waals surface area contributed by atoms with Crippen LogP contribution in [0.4, 0.5) is 0 Å². The van der Waals surface area contributed by atoms with Crippen LogP contribution >= 0.6 is 27.7 Å². The fourth-order valence-corrected chi connectivity index (χ4v) is 4.10. The van der Waals surface area contributed by atoms with Crippen LogP contribution in [0, 0.1) is 0 Å². The molecule has 0 unspecified atom stereocenters. The standard InChI is InChI=1S/C23H23BrN4O4S/c1-3-12-28-21(19(13-29)25-22(31)16-6-10-18(32-2)11-7-16)26-27-23(28)33-14-20(30)15-4-8-17(24)9-5-15/h3-11,19,29H,1,12-14H2,2H3,(H,25,31)/t19-/m1/s1. The van der Waals surface area contributed by atoms with E-state index in [-0.39, 0.29) is 24.1 Å². The van der Waals surface area contributed by atoms with Gasteiger partial charge in [0.05, 0.1) is 19.5 Å². The Bertz CT molecular complexity index is 1120. The van der Waals surface area contributed by atoms with Gasteiger partial charge in [-0.25, -0.2) is 0 Å². The van der Waals surface area contributed by atoms with Gasteiger partial charge in [-0.05, 0) is 36.4 Å². The molecule has 172 valence electrons. The predicted molar refractivity (Wildman–Crippen MR) is 130 cm³/mol. The van der Waals surface area contributed by atoms with Crippen LogP contribution in [-0.4, -0.2) is 51.0 Å². The maximum absolute atomic E-state index is 12.7. The molecular weight excluding hydrogens is 508 g/mol. The molecule has 2 aromatic carbocycles. The Morgan fingerprint density at radius 2 is 1.85 bits per heavy atom. The molecule has 2 N–H and O–H groups in total. The molecule has 3 rings (SSSR count). The van der Waals surface area contributed by atoms with Gasteiger partial charge < -0.3 is 19.7 Å². The van der Waals surface area contributed by atoms with Gasteiger partial charge in [-0.2, -0.15) is 0 Å². The number of nitrogens with zero attached hydrogens (tertiary/aromatic N) is 3. The van der Waals surface area contributed by atoms with Crippen LogP contribution in [0.15, 0.2) is 70.8 Å². The third-order valence-corrected chi connectivity index (χ3v) is 6.20. The van der Waals surface area contributed by atoms with Gasteiger partial charge in [0.1, 0.15) is 11.8 Å². The molecular formula is C23H23BrN4O4S. The lowest BCUT2D eigenvalue weighted by molar-refractivity contribution is 0.0911. The molecule has 10 heteroatoms. The van der Waals surface area contributed by atoms with Crippen molar-refractivity contribution < 1.29 is 19.4 Å². The quantitative estimate of drug-likeness (QED) is 0.221. The summed E-state index contributed by atoms with van der Waals surface area (Å²) in [5.74, 6) is 0.755. The number of ketones is 1. The monoisotopic (exact) mass is 530 g/mol. The third kappa shape index (κ3) is 6.31. The maximum atomic E-state index is 12.7. The van der Waals surface area contributed by atoms with Crippen molar-refractivity contribution in [3.05, 3.63) is 82.6 Å². The smallest absolute Gasteiger partial charge is 0.251 e. The van der Waals surface area contributed by atoms with Crippen molar-refractivity contribution in [3.8, 4) is 5.75 Å². The number of aromatic nitrogens is 3. The van der Waals surface area contributed by atoms with E-state index in [0.29, 0.717) is 34.4 Å². The fourth-order valence-electron chi connectivity index (χ4n) is 2.99. The van der Waals surface area contributed by atoms with Gasteiger partial charge in [0.2, 0.25) is 0 Å². The average molecular weight is 531 g/mol. The first kappa shape index (κ1) is 24.7. The van der Waals surface area contributed by atoms with E-state index in [1.165, 1.54) is 11.8 Å². The number of methoxy groups -OCH3 is 1. The summed E-state index contributed by atoms with van der Waals surface area (Å²) in [6.45, 7) is 3.74. The van der Waals surface area contributed by atoms with Crippen molar-refractivity contribution in [2.75, 3.05) is 19.5 Å². The summed E-state index contributed by atoms with van der Waals surface area (Å²) >= 11 is 4.59. The van der Waals surface area contributed by atoms with Crippen LogP contribution in [0.3, 0.4) is 0 Å². The number of carbonyl (C=O) groups is 2. The Morgan fingerprint density at radius 3 is 2.45 bits per heavy atom. The van der Waals surface area contributed by atoms with Crippen LogP contribution in [0.1, 0.15) is 32.6 Å². The van der Waals surface area contributed by atoms with Gasteiger partial charge in [-0.15, -0.1) is 16.8 Å². The summed E-state index contributed by atoms with van der Waals surface area (Å²) in [4.78, 5) is 25.2. The second kappa shape index (κ2) is 11.8. The summed E-state index contributed by atoms with van der Waals surface area (Å²) in [7, 11) is 1.55. The van der Waals surface area contributed by atoms with E-state index in [9.17, 15) is 14.7 Å². The highest BCUT2D eigenvalue weighted by molar-refractivity contribution is 9.10. The van der Waals surface area contributed by atoms with Crippen molar-refractivity contribution in [3.63, 3.8) is 0 Å². The number of hydrogen-bond acceptors (Lipinski definition) is 7. The molecule has 0 aliphatic carbocycles. The van der Waals surface area contributed by atoms with E-state index >= 15 is 0 Å². The Balaban J connectivity index is 1.74. The topological polar surface area (TPSA) is 106 Å². The number of allylic oxidation sites excluding steroid dienone is 1. The molecule has 0 aliphatic rings. The molecule has 0 spiro atoms. The fraction of sp³-hybridized carbons (Fsp3) is 0.217. The van der Waals surface area contributed by atoms with Crippen molar-refractivity contribution >= 4 is 39.4 Å². The average Bonchev–Trinajstić information content (AvgIpc) is 3.23. The van der Waals surface area contributed by atoms with E-state index in [0.717, 1.165) is 4.47 Å². The molecule has 0 saturated heterocycles. The number of ether oxygens (including phenoxy) is 1. The van der Waals surface area contributed by atoms with Gasteiger partial charge in [0.25, 0.3) is 5.91 Å². The van der Waals surface area contributed by atoms with Gasteiger partial charge >= 0.3 is 0 Å². The second-order valence-electron chi connectivity index (χ2n) is 6.90. The number of Topliss-reactive ketones (excluding diaryl/α,β-unsaturated/α-hetero) is 1. The van der Waals surface area contributed by atoms with Crippen LogP contribution in [0.25, 0.3) is 0 Å². The Labute approximate surface area is 204 Å². The summed E-state index contributed by atoms with van der Waals surface area (Å²) in [6.07, 6.45) is 1.66. The Kier molecular flexibility index (Phi) is 8.81. The molecule has 33 heavy (non-hydrogen) atoms. The van der Waals surface area contributed by atoms with Crippen LogP contribution in [-0.2, 0) is 6.54 Å². The zero-order valence-electron chi connectivity index (χ0n) is 17.9. The number of hydrogen-bond donors (Lipinski definition) is 2. The molecule has 1 heterocycles. The third-order valence-electron chi connectivity index (χ3n) is 4.71. The summed E-state index contributed by atoms with van der Waals surface area (Å²) in [6, 6.07) is 13.0. The van der Waals surface area contributed by atoms with Gasteiger partial charge in [0, 0.05) is 22.1 Å². The predicted octanol–water partition coefficient (Wildman–Crippen LogP) is 3.67. The first-order chi connectivity index (χ1) is 16.0. The largest absolute Gasteiger partial charge is 0.497 e. The van der Waals surface area contributed by atoms with Crippen molar-refractivity contribution in [2.24, 2.45) is 0 Å². The summed E-state index contributed by atoms with van der Waals surface area (Å²) in [5.41, 5.74) is 1.01. The number of thioether (sulfide) groups is 1. The normalized spacial score (nSPS) is 11.6.